The Labute approximate surface area is 201 Å². The predicted molar refractivity (Wildman–Crippen MR) is 126 cm³/mol. The van der Waals surface area contributed by atoms with Gasteiger partial charge in [0.25, 0.3) is 0 Å². The van der Waals surface area contributed by atoms with E-state index in [4.69, 9.17) is 14.6 Å². The number of ether oxygens (including phenoxy) is 2. The Hall–Kier alpha value is -2.19. The molecule has 2 amide bonds. The molecular weight excluding hydrogens is 436 g/mol. The van der Waals surface area contributed by atoms with Gasteiger partial charge < -0.3 is 24.4 Å². The van der Waals surface area contributed by atoms with Crippen molar-refractivity contribution in [1.29, 1.82) is 0 Å². The van der Waals surface area contributed by atoms with E-state index < -0.39 is 40.6 Å². The lowest BCUT2D eigenvalue weighted by Crippen LogP contribution is -2.59. The third-order valence-corrected chi connectivity index (χ3v) is 7.77. The van der Waals surface area contributed by atoms with Crippen molar-refractivity contribution in [3.8, 4) is 0 Å². The Balaban J connectivity index is 1.83. The summed E-state index contributed by atoms with van der Waals surface area (Å²) in [5, 5.41) is 9.17. The van der Waals surface area contributed by atoms with E-state index in [1.807, 2.05) is 52.0 Å². The summed E-state index contributed by atoms with van der Waals surface area (Å²) in [4.78, 5) is 44.9. The molecule has 1 spiro atoms. The fourth-order valence-corrected chi connectivity index (χ4v) is 6.14. The summed E-state index contributed by atoms with van der Waals surface area (Å²) < 4.78 is 12.4. The lowest BCUT2D eigenvalue weighted by Gasteiger charge is -2.41. The molecular formula is C26H38N2O6. The summed E-state index contributed by atoms with van der Waals surface area (Å²) in [6.07, 6.45) is 10.8. The summed E-state index contributed by atoms with van der Waals surface area (Å²) in [6, 6.07) is -0.852. The number of rotatable bonds is 6. The van der Waals surface area contributed by atoms with Gasteiger partial charge in [-0.05, 0) is 52.9 Å². The molecule has 8 heteroatoms. The largest absolute Gasteiger partial charge is 0.465 e. The average molecular weight is 475 g/mol. The number of likely N-dealkylation sites (tertiary alicyclic amines) is 1. The summed E-state index contributed by atoms with van der Waals surface area (Å²) >= 11 is 0. The topological polar surface area (TPSA) is 96.4 Å². The van der Waals surface area contributed by atoms with Gasteiger partial charge in [0.2, 0.25) is 11.8 Å². The van der Waals surface area contributed by atoms with Gasteiger partial charge in [0, 0.05) is 25.2 Å². The first-order valence-corrected chi connectivity index (χ1v) is 12.6. The fraction of sp³-hybridized carbons (Fsp3) is 0.731. The maximum atomic E-state index is 14.1. The minimum atomic E-state index is -1.24. The number of aliphatic hydroxyl groups is 1. The normalized spacial score (nSPS) is 35.4. The smallest absolute Gasteiger partial charge is 0.313 e. The van der Waals surface area contributed by atoms with E-state index in [1.165, 1.54) is 0 Å². The van der Waals surface area contributed by atoms with Gasteiger partial charge in [-0.2, -0.15) is 0 Å². The van der Waals surface area contributed by atoms with Crippen molar-refractivity contribution in [3.05, 3.63) is 24.3 Å². The van der Waals surface area contributed by atoms with Crippen LogP contribution in [0.3, 0.4) is 0 Å². The molecule has 2 saturated heterocycles. The zero-order valence-corrected chi connectivity index (χ0v) is 20.8. The lowest BCUT2D eigenvalue weighted by atomic mass is 9.73. The highest BCUT2D eigenvalue weighted by molar-refractivity contribution is 5.99. The van der Waals surface area contributed by atoms with Crippen molar-refractivity contribution < 1.29 is 29.0 Å². The van der Waals surface area contributed by atoms with E-state index in [1.54, 1.807) is 9.80 Å². The monoisotopic (exact) mass is 474 g/mol. The molecule has 1 N–H and O–H groups in total. The molecule has 8 nitrogen and oxygen atoms in total. The summed E-state index contributed by atoms with van der Waals surface area (Å²) in [5.41, 5.74) is -2.68. The quantitative estimate of drug-likeness (QED) is 0.360. The number of amides is 2. The van der Waals surface area contributed by atoms with Gasteiger partial charge in [-0.1, -0.05) is 31.2 Å². The highest BCUT2D eigenvalue weighted by Crippen LogP contribution is 2.58. The van der Waals surface area contributed by atoms with Crippen LogP contribution in [0.5, 0.6) is 0 Å². The zero-order valence-electron chi connectivity index (χ0n) is 20.8. The van der Waals surface area contributed by atoms with E-state index in [2.05, 4.69) is 0 Å². The number of nitrogens with zero attached hydrogens (tertiary/aromatic N) is 2. The highest BCUT2D eigenvalue weighted by atomic mass is 16.6. The van der Waals surface area contributed by atoms with Crippen LogP contribution in [0, 0.1) is 11.8 Å². The average Bonchev–Trinajstić information content (AvgIpc) is 3.11. The van der Waals surface area contributed by atoms with Crippen LogP contribution in [-0.2, 0) is 23.9 Å². The SMILES string of the molecule is CC[C@@]12C=CCCOC(=O)[C@@H]1[C@H]1C(=O)N(CCCCCO)C3C(=O)N(C(C)(C)C)CC=C[C@@]31O2. The molecule has 0 aliphatic carbocycles. The molecule has 2 fully saturated rings. The molecule has 4 rings (SSSR count). The van der Waals surface area contributed by atoms with Crippen LogP contribution in [0.4, 0.5) is 0 Å². The van der Waals surface area contributed by atoms with Crippen LogP contribution in [0.1, 0.15) is 59.8 Å². The van der Waals surface area contributed by atoms with Gasteiger partial charge in [-0.25, -0.2) is 0 Å². The molecule has 0 saturated carbocycles. The van der Waals surface area contributed by atoms with E-state index in [0.717, 1.165) is 6.42 Å². The van der Waals surface area contributed by atoms with Crippen molar-refractivity contribution in [1.82, 2.24) is 9.80 Å². The molecule has 4 aliphatic heterocycles. The van der Waals surface area contributed by atoms with Crippen molar-refractivity contribution in [2.24, 2.45) is 11.8 Å². The number of esters is 1. The molecule has 5 atom stereocenters. The Morgan fingerprint density at radius 1 is 1.06 bits per heavy atom. The minimum absolute atomic E-state index is 0.0891. The molecule has 0 aromatic heterocycles. The highest BCUT2D eigenvalue weighted by Gasteiger charge is 2.75. The molecule has 4 aliphatic rings. The maximum Gasteiger partial charge on any atom is 0.313 e. The standard InChI is InChI=1S/C26H38N2O6/c1-5-25-12-7-10-17-33-23(32)19(25)18-21(30)27(14-8-6-9-16-29)20-22(31)28(24(2,3)4)15-11-13-26(18,20)34-25/h7,11-13,18-20,29H,5-6,8-10,14-17H2,1-4H3/t18-,19-,20?,25+,26-/m0/s1. The van der Waals surface area contributed by atoms with Gasteiger partial charge in [-0.15, -0.1) is 0 Å². The van der Waals surface area contributed by atoms with E-state index in [0.29, 0.717) is 38.8 Å². The Kier molecular flexibility index (Phi) is 6.68. The number of fused-ring (bicyclic) bond motifs is 2. The zero-order chi connectivity index (χ0) is 24.7. The fourth-order valence-electron chi connectivity index (χ4n) is 6.14. The maximum absolute atomic E-state index is 14.1. The second kappa shape index (κ2) is 9.11. The lowest BCUT2D eigenvalue weighted by molar-refractivity contribution is -0.162. The van der Waals surface area contributed by atoms with E-state index >= 15 is 0 Å². The van der Waals surface area contributed by atoms with Crippen LogP contribution >= 0.6 is 0 Å². The van der Waals surface area contributed by atoms with Gasteiger partial charge in [-0.3, -0.25) is 14.4 Å². The van der Waals surface area contributed by atoms with E-state index in [-0.39, 0.29) is 25.0 Å². The number of carbonyl (C=O) groups is 3. The summed E-state index contributed by atoms with van der Waals surface area (Å²) in [7, 11) is 0. The number of hydrogen-bond donors (Lipinski definition) is 1. The second-order valence-electron chi connectivity index (χ2n) is 10.8. The first-order chi connectivity index (χ1) is 16.1. The van der Waals surface area contributed by atoms with Crippen molar-refractivity contribution >= 4 is 17.8 Å². The molecule has 0 aromatic carbocycles. The molecule has 188 valence electrons. The van der Waals surface area contributed by atoms with Gasteiger partial charge >= 0.3 is 5.97 Å². The molecule has 0 bridgehead atoms. The number of aliphatic hydroxyl groups excluding tert-OH is 1. The molecule has 0 radical (unpaired) electrons. The number of carbonyl (C=O) groups excluding carboxylic acids is 3. The number of hydrogen-bond acceptors (Lipinski definition) is 6. The third kappa shape index (κ3) is 3.79. The van der Waals surface area contributed by atoms with Crippen molar-refractivity contribution in [3.63, 3.8) is 0 Å². The number of cyclic esters (lactones) is 1. The Morgan fingerprint density at radius 2 is 1.82 bits per heavy atom. The first-order valence-electron chi connectivity index (χ1n) is 12.6. The first kappa shape index (κ1) is 24.9. The molecule has 34 heavy (non-hydrogen) atoms. The van der Waals surface area contributed by atoms with Crippen molar-refractivity contribution in [2.75, 3.05) is 26.3 Å². The predicted octanol–water partition coefficient (Wildman–Crippen LogP) is 2.21. The minimum Gasteiger partial charge on any atom is -0.465 e. The van der Waals surface area contributed by atoms with Crippen LogP contribution in [0.25, 0.3) is 0 Å². The van der Waals surface area contributed by atoms with Crippen LogP contribution in [0.2, 0.25) is 0 Å². The third-order valence-electron chi connectivity index (χ3n) is 7.77. The Bertz CT molecular complexity index is 892. The second-order valence-corrected chi connectivity index (χ2v) is 10.8. The molecule has 1 unspecified atom stereocenters. The Morgan fingerprint density at radius 3 is 2.50 bits per heavy atom. The van der Waals surface area contributed by atoms with Gasteiger partial charge in [0.15, 0.2) is 0 Å². The number of unbranched alkanes of at least 4 members (excludes halogenated alkanes) is 2. The van der Waals surface area contributed by atoms with Crippen LogP contribution in [0.15, 0.2) is 24.3 Å². The van der Waals surface area contributed by atoms with Crippen molar-refractivity contribution in [2.45, 2.75) is 82.6 Å². The van der Waals surface area contributed by atoms with Gasteiger partial charge in [0.05, 0.1) is 12.5 Å². The summed E-state index contributed by atoms with van der Waals surface area (Å²) in [6.45, 7) is 9.02. The van der Waals surface area contributed by atoms with E-state index in [9.17, 15) is 14.4 Å². The van der Waals surface area contributed by atoms with Crippen LogP contribution in [-0.4, -0.2) is 81.8 Å². The van der Waals surface area contributed by atoms with Gasteiger partial charge in [0.1, 0.15) is 23.2 Å². The molecule has 0 aromatic rings. The van der Waals surface area contributed by atoms with Crippen LogP contribution < -0.4 is 0 Å². The summed E-state index contributed by atoms with van der Waals surface area (Å²) in [5.74, 6) is -2.46. The molecule has 4 heterocycles.